The summed E-state index contributed by atoms with van der Waals surface area (Å²) >= 11 is 16.4. The Morgan fingerprint density at radius 1 is 1.31 bits per heavy atom. The van der Waals surface area contributed by atoms with Crippen LogP contribution in [0.5, 0.6) is 0 Å². The molecule has 0 radical (unpaired) electrons. The highest BCUT2D eigenvalue weighted by Crippen LogP contribution is 2.29. The molecule has 0 unspecified atom stereocenters. The smallest absolute Gasteiger partial charge is 0.303 e. The van der Waals surface area contributed by atoms with Crippen molar-refractivity contribution in [3.05, 3.63) is 0 Å². The van der Waals surface area contributed by atoms with Gasteiger partial charge in [-0.3, -0.25) is 4.79 Å². The molecule has 0 aliphatic rings. The predicted octanol–water partition coefficient (Wildman–Crippen LogP) is 2.63. The Balaban J connectivity index is 3.13. The predicted molar refractivity (Wildman–Crippen MR) is 52.6 cm³/mol. The molecule has 0 aliphatic heterocycles. The molecule has 6 heteroatoms. The molecule has 0 aliphatic carbocycles. The van der Waals surface area contributed by atoms with Gasteiger partial charge in [0.15, 0.2) is 3.79 Å². The van der Waals surface area contributed by atoms with E-state index in [-0.39, 0.29) is 6.42 Å². The summed E-state index contributed by atoms with van der Waals surface area (Å²) in [6.45, 7) is 0.711. The topological polar surface area (TPSA) is 46.5 Å². The Kier molecular flexibility index (Phi) is 6.86. The lowest BCUT2D eigenvalue weighted by Gasteiger charge is -2.09. The fraction of sp³-hybridized carbons (Fsp3) is 0.857. The number of alkyl halides is 3. The number of carbonyl (C=O) groups is 1. The van der Waals surface area contributed by atoms with E-state index in [0.29, 0.717) is 26.1 Å². The molecule has 3 nitrogen and oxygen atoms in total. The second-order valence-electron chi connectivity index (χ2n) is 2.47. The lowest BCUT2D eigenvalue weighted by molar-refractivity contribution is -0.137. The summed E-state index contributed by atoms with van der Waals surface area (Å²) in [5, 5.41) is 8.28. The van der Waals surface area contributed by atoms with Gasteiger partial charge in [-0.2, -0.15) is 0 Å². The van der Waals surface area contributed by atoms with Gasteiger partial charge in [0, 0.05) is 19.4 Å². The van der Waals surface area contributed by atoms with Crippen LogP contribution < -0.4 is 0 Å². The van der Waals surface area contributed by atoms with Crippen LogP contribution in [0.1, 0.15) is 19.3 Å². The van der Waals surface area contributed by atoms with Crippen molar-refractivity contribution in [3.8, 4) is 0 Å². The quantitative estimate of drug-likeness (QED) is 0.581. The molecule has 0 rings (SSSR count). The number of halogens is 3. The molecule has 0 saturated heterocycles. The Morgan fingerprint density at radius 2 is 1.92 bits per heavy atom. The number of carboxylic acids is 1. The third-order valence-electron chi connectivity index (χ3n) is 1.21. The third-order valence-corrected chi connectivity index (χ3v) is 1.78. The number of ether oxygens (including phenoxy) is 1. The van der Waals surface area contributed by atoms with Crippen LogP contribution in [-0.4, -0.2) is 28.1 Å². The highest BCUT2D eigenvalue weighted by molar-refractivity contribution is 6.67. The summed E-state index contributed by atoms with van der Waals surface area (Å²) in [7, 11) is 0. The van der Waals surface area contributed by atoms with Gasteiger partial charge in [-0.15, -0.1) is 0 Å². The van der Waals surface area contributed by atoms with Crippen LogP contribution >= 0.6 is 34.8 Å². The van der Waals surface area contributed by atoms with Crippen molar-refractivity contribution in [3.63, 3.8) is 0 Å². The van der Waals surface area contributed by atoms with Gasteiger partial charge in [0.05, 0.1) is 6.61 Å². The Bertz CT molecular complexity index is 156. The van der Waals surface area contributed by atoms with Gasteiger partial charge in [0.2, 0.25) is 0 Å². The van der Waals surface area contributed by atoms with Crippen molar-refractivity contribution < 1.29 is 14.6 Å². The van der Waals surface area contributed by atoms with E-state index >= 15 is 0 Å². The molecule has 0 aromatic rings. The molecule has 1 N–H and O–H groups in total. The van der Waals surface area contributed by atoms with E-state index in [1.54, 1.807) is 0 Å². The molecular formula is C7H11Cl3O3. The van der Waals surface area contributed by atoms with Gasteiger partial charge in [0.25, 0.3) is 0 Å². The summed E-state index contributed by atoms with van der Waals surface area (Å²) in [5.74, 6) is -0.829. The molecule has 78 valence electrons. The van der Waals surface area contributed by atoms with Crippen molar-refractivity contribution in [2.45, 2.75) is 23.1 Å². The highest BCUT2D eigenvalue weighted by Gasteiger charge is 2.18. The molecule has 0 spiro atoms. The fourth-order valence-electron chi connectivity index (χ4n) is 0.615. The van der Waals surface area contributed by atoms with Crippen LogP contribution in [0, 0.1) is 0 Å². The fourth-order valence-corrected chi connectivity index (χ4v) is 0.847. The van der Waals surface area contributed by atoms with E-state index in [1.165, 1.54) is 0 Å². The standard InChI is InChI=1S/C7H11Cl3O3/c8-7(9,10)3-5-13-4-1-2-6(11)12/h1-5H2,(H,11,12). The maximum atomic E-state index is 10.1. The van der Waals surface area contributed by atoms with E-state index in [1.807, 2.05) is 0 Å². The van der Waals surface area contributed by atoms with E-state index in [0.717, 1.165) is 0 Å². The lowest BCUT2D eigenvalue weighted by atomic mass is 10.3. The van der Waals surface area contributed by atoms with Crippen molar-refractivity contribution >= 4 is 40.8 Å². The average Bonchev–Trinajstić information content (AvgIpc) is 1.93. The zero-order valence-corrected chi connectivity index (χ0v) is 9.20. The van der Waals surface area contributed by atoms with Crippen LogP contribution in [0.15, 0.2) is 0 Å². The van der Waals surface area contributed by atoms with E-state index in [4.69, 9.17) is 44.6 Å². The summed E-state index contributed by atoms with van der Waals surface area (Å²) in [5.41, 5.74) is 0. The first-order chi connectivity index (χ1) is 5.92. The van der Waals surface area contributed by atoms with Crippen LogP contribution in [-0.2, 0) is 9.53 Å². The number of aliphatic carboxylic acids is 1. The van der Waals surface area contributed by atoms with Gasteiger partial charge < -0.3 is 9.84 Å². The molecule has 0 heterocycles. The van der Waals surface area contributed by atoms with Gasteiger partial charge in [-0.05, 0) is 6.42 Å². The zero-order valence-electron chi connectivity index (χ0n) is 6.93. The number of rotatable bonds is 6. The number of carboxylic acid groups (broad SMARTS) is 1. The van der Waals surface area contributed by atoms with Crippen LogP contribution in [0.25, 0.3) is 0 Å². The minimum absolute atomic E-state index is 0.105. The Labute approximate surface area is 91.9 Å². The van der Waals surface area contributed by atoms with Crippen LogP contribution in [0.3, 0.4) is 0 Å². The molecule has 0 atom stereocenters. The van der Waals surface area contributed by atoms with Gasteiger partial charge in [-0.1, -0.05) is 34.8 Å². The second kappa shape index (κ2) is 6.71. The van der Waals surface area contributed by atoms with E-state index < -0.39 is 9.76 Å². The van der Waals surface area contributed by atoms with Gasteiger partial charge in [0.1, 0.15) is 0 Å². The van der Waals surface area contributed by atoms with Crippen molar-refractivity contribution in [1.82, 2.24) is 0 Å². The van der Waals surface area contributed by atoms with Crippen LogP contribution in [0.2, 0.25) is 0 Å². The Morgan fingerprint density at radius 3 is 2.38 bits per heavy atom. The molecule has 0 aromatic heterocycles. The number of hydrogen-bond acceptors (Lipinski definition) is 2. The minimum atomic E-state index is -1.28. The molecule has 13 heavy (non-hydrogen) atoms. The molecule has 0 saturated carbocycles. The van der Waals surface area contributed by atoms with Crippen molar-refractivity contribution in [2.75, 3.05) is 13.2 Å². The Hall–Kier alpha value is 0.300. The summed E-state index contributed by atoms with van der Waals surface area (Å²) < 4.78 is 3.76. The summed E-state index contributed by atoms with van der Waals surface area (Å²) in [4.78, 5) is 10.1. The molecule has 0 amide bonds. The minimum Gasteiger partial charge on any atom is -0.481 e. The van der Waals surface area contributed by atoms with Crippen LogP contribution in [0.4, 0.5) is 0 Å². The van der Waals surface area contributed by atoms with Gasteiger partial charge in [-0.25, -0.2) is 0 Å². The molecule has 0 bridgehead atoms. The SMILES string of the molecule is O=C(O)CCCOCCC(Cl)(Cl)Cl. The van der Waals surface area contributed by atoms with Crippen molar-refractivity contribution in [2.24, 2.45) is 0 Å². The lowest BCUT2D eigenvalue weighted by Crippen LogP contribution is -2.08. The number of hydrogen-bond donors (Lipinski definition) is 1. The first kappa shape index (κ1) is 13.3. The average molecular weight is 250 g/mol. The molecule has 0 aromatic carbocycles. The molecule has 0 fully saturated rings. The van der Waals surface area contributed by atoms with E-state index in [9.17, 15) is 4.79 Å². The summed E-state index contributed by atoms with van der Waals surface area (Å²) in [6.07, 6.45) is 0.897. The maximum absolute atomic E-state index is 10.1. The zero-order chi connectivity index (χ0) is 10.3. The first-order valence-corrected chi connectivity index (χ1v) is 4.91. The molecular weight excluding hydrogens is 238 g/mol. The second-order valence-corrected chi connectivity index (χ2v) is 4.99. The first-order valence-electron chi connectivity index (χ1n) is 3.78. The largest absolute Gasteiger partial charge is 0.481 e. The van der Waals surface area contributed by atoms with Gasteiger partial charge >= 0.3 is 5.97 Å². The monoisotopic (exact) mass is 248 g/mol. The normalized spacial score (nSPS) is 11.6. The van der Waals surface area contributed by atoms with E-state index in [2.05, 4.69) is 0 Å². The third kappa shape index (κ3) is 12.3. The maximum Gasteiger partial charge on any atom is 0.303 e. The highest BCUT2D eigenvalue weighted by atomic mass is 35.6. The summed E-state index contributed by atoms with van der Waals surface area (Å²) in [6, 6.07) is 0. The van der Waals surface area contributed by atoms with Crippen molar-refractivity contribution in [1.29, 1.82) is 0 Å².